The zero-order valence-electron chi connectivity index (χ0n) is 13.0. The average Bonchev–Trinajstić information content (AvgIpc) is 2.97. The van der Waals surface area contributed by atoms with Crippen LogP contribution in [0.2, 0.25) is 0 Å². The van der Waals surface area contributed by atoms with Crippen molar-refractivity contribution in [2.24, 2.45) is 0 Å². The molecule has 0 bridgehead atoms. The van der Waals surface area contributed by atoms with E-state index in [9.17, 15) is 14.9 Å². The molecule has 0 saturated heterocycles. The van der Waals surface area contributed by atoms with E-state index in [0.717, 1.165) is 0 Å². The van der Waals surface area contributed by atoms with Gasteiger partial charge in [0.1, 0.15) is 11.4 Å². The van der Waals surface area contributed by atoms with Crippen molar-refractivity contribution in [1.29, 1.82) is 0 Å². The Morgan fingerprint density at radius 3 is 2.78 bits per heavy atom. The molecule has 2 N–H and O–H groups in total. The Hall–Kier alpha value is -2.97. The van der Waals surface area contributed by atoms with Crippen molar-refractivity contribution in [3.8, 4) is 0 Å². The topological polar surface area (TPSA) is 123 Å². The number of nitro benzene ring substituents is 1. The van der Waals surface area contributed by atoms with Crippen molar-refractivity contribution >= 4 is 17.3 Å². The quantitative estimate of drug-likeness (QED) is 0.476. The van der Waals surface area contributed by atoms with Crippen molar-refractivity contribution in [3.63, 3.8) is 0 Å². The van der Waals surface area contributed by atoms with Crippen LogP contribution in [0.5, 0.6) is 0 Å². The number of hydrogen-bond acceptors (Lipinski definition) is 7. The summed E-state index contributed by atoms with van der Waals surface area (Å²) in [6, 6.07) is 4.01. The van der Waals surface area contributed by atoms with Gasteiger partial charge in [0.05, 0.1) is 18.1 Å². The van der Waals surface area contributed by atoms with Crippen LogP contribution < -0.4 is 5.32 Å². The fraction of sp³-hybridized carbons (Fsp3) is 0.357. The smallest absolute Gasteiger partial charge is 0.344 e. The van der Waals surface area contributed by atoms with Crippen LogP contribution in [-0.2, 0) is 4.74 Å². The Morgan fingerprint density at radius 1 is 1.52 bits per heavy atom. The molecule has 1 aromatic heterocycles. The number of carbonyl (C=O) groups excluding carboxylic acids is 1. The van der Waals surface area contributed by atoms with Crippen molar-refractivity contribution in [3.05, 3.63) is 45.5 Å². The predicted molar refractivity (Wildman–Crippen MR) is 82.2 cm³/mol. The first-order valence-electron chi connectivity index (χ1n) is 6.98. The number of aryl methyl sites for hydroxylation is 1. The van der Waals surface area contributed by atoms with E-state index in [1.807, 2.05) is 6.92 Å². The van der Waals surface area contributed by atoms with Crippen LogP contribution >= 0.6 is 0 Å². The normalized spacial score (nSPS) is 11.8. The highest BCUT2D eigenvalue weighted by molar-refractivity contribution is 5.95. The zero-order chi connectivity index (χ0) is 17.0. The molecule has 122 valence electrons. The highest BCUT2D eigenvalue weighted by Crippen LogP contribution is 2.26. The van der Waals surface area contributed by atoms with Crippen LogP contribution in [-0.4, -0.2) is 33.2 Å². The number of carbonyl (C=O) groups is 1. The molecule has 0 aliphatic carbocycles. The van der Waals surface area contributed by atoms with Gasteiger partial charge in [-0.2, -0.15) is 5.10 Å². The maximum atomic E-state index is 11.7. The average molecular weight is 319 g/mol. The summed E-state index contributed by atoms with van der Waals surface area (Å²) in [7, 11) is 1.18. The van der Waals surface area contributed by atoms with E-state index in [0.29, 0.717) is 23.8 Å². The second-order valence-electron chi connectivity index (χ2n) is 4.86. The third kappa shape index (κ3) is 3.62. The Labute approximate surface area is 132 Å². The SMILES string of the molecule is CCC(Nc1ccc([N+](=O)[O-])c(C(=O)OC)c1)c1n[nH]c(C)n1. The van der Waals surface area contributed by atoms with Crippen LogP contribution in [0, 0.1) is 17.0 Å². The highest BCUT2D eigenvalue weighted by Gasteiger charge is 2.22. The molecule has 1 heterocycles. The van der Waals surface area contributed by atoms with E-state index in [-0.39, 0.29) is 17.3 Å². The highest BCUT2D eigenvalue weighted by atomic mass is 16.6. The van der Waals surface area contributed by atoms with Gasteiger partial charge < -0.3 is 10.1 Å². The lowest BCUT2D eigenvalue weighted by molar-refractivity contribution is -0.385. The van der Waals surface area contributed by atoms with Crippen LogP contribution in [0.1, 0.15) is 41.4 Å². The van der Waals surface area contributed by atoms with Gasteiger partial charge in [0.2, 0.25) is 0 Å². The molecule has 9 nitrogen and oxygen atoms in total. The van der Waals surface area contributed by atoms with Crippen LogP contribution in [0.25, 0.3) is 0 Å². The molecule has 1 atom stereocenters. The van der Waals surface area contributed by atoms with Crippen molar-refractivity contribution in [2.45, 2.75) is 26.3 Å². The number of nitrogens with one attached hydrogen (secondary N) is 2. The van der Waals surface area contributed by atoms with Crippen molar-refractivity contribution < 1.29 is 14.5 Å². The summed E-state index contributed by atoms with van der Waals surface area (Å²) in [6.07, 6.45) is 0.696. The third-order valence-corrected chi connectivity index (χ3v) is 3.27. The van der Waals surface area contributed by atoms with Gasteiger partial charge in [-0.1, -0.05) is 6.92 Å². The third-order valence-electron chi connectivity index (χ3n) is 3.27. The van der Waals surface area contributed by atoms with Gasteiger partial charge in [-0.15, -0.1) is 0 Å². The molecule has 1 aromatic carbocycles. The van der Waals surface area contributed by atoms with E-state index in [4.69, 9.17) is 0 Å². The minimum Gasteiger partial charge on any atom is -0.465 e. The van der Waals surface area contributed by atoms with Gasteiger partial charge in [-0.3, -0.25) is 15.2 Å². The lowest BCUT2D eigenvalue weighted by Crippen LogP contribution is -2.13. The van der Waals surface area contributed by atoms with Crippen LogP contribution in [0.3, 0.4) is 0 Å². The van der Waals surface area contributed by atoms with E-state index < -0.39 is 10.9 Å². The largest absolute Gasteiger partial charge is 0.465 e. The molecule has 0 spiro atoms. The Balaban J connectivity index is 2.32. The number of ether oxygens (including phenoxy) is 1. The molecular formula is C14H17N5O4. The number of nitro groups is 1. The van der Waals surface area contributed by atoms with Gasteiger partial charge in [0.25, 0.3) is 5.69 Å². The van der Waals surface area contributed by atoms with Crippen LogP contribution in [0.15, 0.2) is 18.2 Å². The molecule has 23 heavy (non-hydrogen) atoms. The van der Waals surface area contributed by atoms with Gasteiger partial charge in [-0.05, 0) is 25.5 Å². The molecule has 9 heteroatoms. The first-order valence-corrected chi connectivity index (χ1v) is 6.98. The fourth-order valence-corrected chi connectivity index (χ4v) is 2.12. The number of rotatable bonds is 6. The first kappa shape index (κ1) is 16.4. The number of H-pyrrole nitrogens is 1. The summed E-state index contributed by atoms with van der Waals surface area (Å²) in [6.45, 7) is 3.75. The number of aromatic nitrogens is 3. The summed E-state index contributed by atoms with van der Waals surface area (Å²) < 4.78 is 4.60. The van der Waals surface area contributed by atoms with Gasteiger partial charge in [-0.25, -0.2) is 9.78 Å². The van der Waals surface area contributed by atoms with Crippen molar-refractivity contribution in [1.82, 2.24) is 15.2 Å². The molecule has 1 unspecified atom stereocenters. The second-order valence-corrected chi connectivity index (χ2v) is 4.86. The van der Waals surface area contributed by atoms with E-state index in [1.54, 1.807) is 6.92 Å². The van der Waals surface area contributed by atoms with Gasteiger partial charge in [0, 0.05) is 11.8 Å². The monoisotopic (exact) mass is 319 g/mol. The second kappa shape index (κ2) is 6.86. The molecule has 0 fully saturated rings. The standard InChI is InChI=1S/C14H17N5O4/c1-4-11(13-15-8(2)17-18-13)16-9-5-6-12(19(21)22)10(7-9)14(20)23-3/h5-7,11,16H,4H2,1-3H3,(H,15,17,18). The Morgan fingerprint density at radius 2 is 2.26 bits per heavy atom. The molecule has 0 amide bonds. The van der Waals surface area contributed by atoms with E-state index in [2.05, 4.69) is 25.2 Å². The molecule has 0 aliphatic rings. The predicted octanol–water partition coefficient (Wildman–Crippen LogP) is 2.37. The van der Waals surface area contributed by atoms with Gasteiger partial charge >= 0.3 is 5.97 Å². The molecule has 2 aromatic rings. The summed E-state index contributed by atoms with van der Waals surface area (Å²) in [4.78, 5) is 26.4. The number of esters is 1. The lowest BCUT2D eigenvalue weighted by atomic mass is 10.1. The number of methoxy groups -OCH3 is 1. The van der Waals surface area contributed by atoms with E-state index in [1.165, 1.54) is 25.3 Å². The van der Waals surface area contributed by atoms with Crippen LogP contribution in [0.4, 0.5) is 11.4 Å². The van der Waals surface area contributed by atoms with Gasteiger partial charge in [0.15, 0.2) is 5.82 Å². The molecular weight excluding hydrogens is 302 g/mol. The maximum absolute atomic E-state index is 11.7. The number of anilines is 1. The van der Waals surface area contributed by atoms with Crippen molar-refractivity contribution in [2.75, 3.05) is 12.4 Å². The first-order chi connectivity index (χ1) is 11.0. The summed E-state index contributed by atoms with van der Waals surface area (Å²) >= 11 is 0. The number of aromatic amines is 1. The fourth-order valence-electron chi connectivity index (χ4n) is 2.12. The number of hydrogen-bond donors (Lipinski definition) is 2. The minimum absolute atomic E-state index is 0.108. The molecule has 0 saturated carbocycles. The molecule has 0 aliphatic heterocycles. The lowest BCUT2D eigenvalue weighted by Gasteiger charge is -2.15. The minimum atomic E-state index is -0.762. The Bertz CT molecular complexity index is 728. The summed E-state index contributed by atoms with van der Waals surface area (Å²) in [5, 5.41) is 21.0. The zero-order valence-corrected chi connectivity index (χ0v) is 13.0. The molecule has 0 radical (unpaired) electrons. The Kier molecular flexibility index (Phi) is 4.89. The summed E-state index contributed by atoms with van der Waals surface area (Å²) in [5.41, 5.74) is 0.137. The molecule has 2 rings (SSSR count). The number of benzene rings is 1. The number of nitrogens with zero attached hydrogens (tertiary/aromatic N) is 3. The summed E-state index contributed by atoms with van der Waals surface area (Å²) in [5.74, 6) is 0.518. The maximum Gasteiger partial charge on any atom is 0.344 e. The van der Waals surface area contributed by atoms with E-state index >= 15 is 0 Å².